The molecule has 1 amide bonds. The molecule has 1 fully saturated rings. The Morgan fingerprint density at radius 3 is 2.78 bits per heavy atom. The number of carbonyl (C=O) groups is 1. The standard InChI is InChI=1S/C17H23FN4O/c1-13(17(23)21(2)9-5-8-19)20-14-6-7-16(15(18)12-14)22-10-3-4-11-22/h6-7,12-13,20H,3-5,9-11H2,1-2H3/t13-/m1/s1. The summed E-state index contributed by atoms with van der Waals surface area (Å²) in [5.74, 6) is -0.390. The Morgan fingerprint density at radius 2 is 2.17 bits per heavy atom. The van der Waals surface area contributed by atoms with Crippen molar-refractivity contribution in [3.63, 3.8) is 0 Å². The molecular weight excluding hydrogens is 295 g/mol. The van der Waals surface area contributed by atoms with Gasteiger partial charge in [0.15, 0.2) is 0 Å². The quantitative estimate of drug-likeness (QED) is 0.876. The number of anilines is 2. The van der Waals surface area contributed by atoms with Crippen LogP contribution in [0.1, 0.15) is 26.2 Å². The van der Waals surface area contributed by atoms with Crippen LogP contribution < -0.4 is 10.2 Å². The zero-order valence-corrected chi connectivity index (χ0v) is 13.7. The van der Waals surface area contributed by atoms with E-state index in [9.17, 15) is 9.18 Å². The second-order valence-electron chi connectivity index (χ2n) is 5.89. The number of nitrogens with one attached hydrogen (secondary N) is 1. The first kappa shape index (κ1) is 17.1. The number of nitriles is 1. The van der Waals surface area contributed by atoms with Crippen molar-refractivity contribution in [2.75, 3.05) is 36.9 Å². The molecule has 0 aromatic heterocycles. The van der Waals surface area contributed by atoms with E-state index in [-0.39, 0.29) is 11.7 Å². The van der Waals surface area contributed by atoms with Crippen LogP contribution in [0.25, 0.3) is 0 Å². The second-order valence-corrected chi connectivity index (χ2v) is 5.89. The van der Waals surface area contributed by atoms with Crippen LogP contribution in [0.15, 0.2) is 18.2 Å². The third-order valence-corrected chi connectivity index (χ3v) is 4.08. The van der Waals surface area contributed by atoms with Gasteiger partial charge in [-0.25, -0.2) is 4.39 Å². The molecular formula is C17H23FN4O. The first-order valence-corrected chi connectivity index (χ1v) is 7.96. The summed E-state index contributed by atoms with van der Waals surface area (Å²) in [6.07, 6.45) is 2.49. The van der Waals surface area contributed by atoms with Crippen LogP contribution in [0.3, 0.4) is 0 Å². The average molecular weight is 318 g/mol. The molecule has 23 heavy (non-hydrogen) atoms. The van der Waals surface area contributed by atoms with Crippen molar-refractivity contribution in [1.29, 1.82) is 5.26 Å². The van der Waals surface area contributed by atoms with Crippen LogP contribution in [0.5, 0.6) is 0 Å². The summed E-state index contributed by atoms with van der Waals surface area (Å²) in [4.78, 5) is 15.7. The largest absolute Gasteiger partial charge is 0.374 e. The molecule has 1 aliphatic heterocycles. The first-order valence-electron chi connectivity index (χ1n) is 7.96. The summed E-state index contributed by atoms with van der Waals surface area (Å²) in [5.41, 5.74) is 1.21. The lowest BCUT2D eigenvalue weighted by molar-refractivity contribution is -0.130. The van der Waals surface area contributed by atoms with E-state index in [4.69, 9.17) is 5.26 Å². The molecule has 2 rings (SSSR count). The monoisotopic (exact) mass is 318 g/mol. The molecule has 0 unspecified atom stereocenters. The van der Waals surface area contributed by atoms with Crippen molar-refractivity contribution in [1.82, 2.24) is 4.90 Å². The van der Waals surface area contributed by atoms with Gasteiger partial charge >= 0.3 is 0 Å². The van der Waals surface area contributed by atoms with E-state index in [0.29, 0.717) is 24.3 Å². The number of amides is 1. The molecule has 0 saturated carbocycles. The molecule has 1 aromatic carbocycles. The molecule has 0 spiro atoms. The minimum atomic E-state index is -0.476. The van der Waals surface area contributed by atoms with E-state index < -0.39 is 6.04 Å². The highest BCUT2D eigenvalue weighted by atomic mass is 19.1. The van der Waals surface area contributed by atoms with Crippen molar-refractivity contribution < 1.29 is 9.18 Å². The zero-order valence-electron chi connectivity index (χ0n) is 13.7. The summed E-state index contributed by atoms with van der Waals surface area (Å²) in [6.45, 7) is 3.91. The Bertz CT molecular complexity index is 593. The van der Waals surface area contributed by atoms with Crippen molar-refractivity contribution in [3.8, 4) is 6.07 Å². The molecule has 124 valence electrons. The van der Waals surface area contributed by atoms with Crippen LogP contribution in [0, 0.1) is 17.1 Å². The number of carbonyl (C=O) groups excluding carboxylic acids is 1. The number of hydrogen-bond acceptors (Lipinski definition) is 4. The van der Waals surface area contributed by atoms with Crippen LogP contribution in [0.2, 0.25) is 0 Å². The van der Waals surface area contributed by atoms with E-state index in [1.54, 1.807) is 26.1 Å². The molecule has 5 nitrogen and oxygen atoms in total. The van der Waals surface area contributed by atoms with Crippen LogP contribution >= 0.6 is 0 Å². The third-order valence-electron chi connectivity index (χ3n) is 4.08. The smallest absolute Gasteiger partial charge is 0.244 e. The highest BCUT2D eigenvalue weighted by Crippen LogP contribution is 2.26. The lowest BCUT2D eigenvalue weighted by atomic mass is 10.2. The fourth-order valence-electron chi connectivity index (χ4n) is 2.78. The van der Waals surface area contributed by atoms with Gasteiger partial charge in [0.05, 0.1) is 18.2 Å². The highest BCUT2D eigenvalue weighted by Gasteiger charge is 2.19. The maximum atomic E-state index is 14.3. The minimum Gasteiger partial charge on any atom is -0.374 e. The minimum absolute atomic E-state index is 0.121. The fourth-order valence-corrected chi connectivity index (χ4v) is 2.78. The molecule has 6 heteroatoms. The van der Waals surface area contributed by atoms with Crippen LogP contribution in [-0.4, -0.2) is 43.5 Å². The lowest BCUT2D eigenvalue weighted by Crippen LogP contribution is -2.39. The third kappa shape index (κ3) is 4.35. The van der Waals surface area contributed by atoms with Crippen molar-refractivity contribution in [2.45, 2.75) is 32.2 Å². The van der Waals surface area contributed by atoms with Gasteiger partial charge in [0, 0.05) is 32.4 Å². The van der Waals surface area contributed by atoms with Crippen molar-refractivity contribution >= 4 is 17.3 Å². The van der Waals surface area contributed by atoms with Crippen LogP contribution in [0.4, 0.5) is 15.8 Å². The van der Waals surface area contributed by atoms with Gasteiger partial charge in [-0.1, -0.05) is 0 Å². The molecule has 1 atom stereocenters. The molecule has 0 radical (unpaired) electrons. The van der Waals surface area contributed by atoms with E-state index in [1.165, 1.54) is 11.0 Å². The SMILES string of the molecule is C[C@@H](Nc1ccc(N2CCCC2)c(F)c1)C(=O)N(C)CCC#N. The number of hydrogen-bond donors (Lipinski definition) is 1. The maximum absolute atomic E-state index is 14.3. The lowest BCUT2D eigenvalue weighted by Gasteiger charge is -2.23. The summed E-state index contributed by atoms with van der Waals surface area (Å²) < 4.78 is 14.3. The van der Waals surface area contributed by atoms with Crippen molar-refractivity contribution in [3.05, 3.63) is 24.0 Å². The van der Waals surface area contributed by atoms with E-state index in [1.807, 2.05) is 11.0 Å². The predicted molar refractivity (Wildman–Crippen MR) is 88.8 cm³/mol. The second kappa shape index (κ2) is 7.82. The van der Waals surface area contributed by atoms with Gasteiger partial charge in [-0.3, -0.25) is 4.79 Å². The Hall–Kier alpha value is -2.29. The van der Waals surface area contributed by atoms with Gasteiger partial charge in [-0.05, 0) is 38.0 Å². The number of rotatable bonds is 6. The number of halogens is 1. The maximum Gasteiger partial charge on any atom is 0.244 e. The van der Waals surface area contributed by atoms with E-state index >= 15 is 0 Å². The number of benzene rings is 1. The van der Waals surface area contributed by atoms with Gasteiger partial charge in [0.25, 0.3) is 0 Å². The zero-order chi connectivity index (χ0) is 16.8. The number of likely N-dealkylation sites (N-methyl/N-ethyl adjacent to an activating group) is 1. The summed E-state index contributed by atoms with van der Waals surface area (Å²) >= 11 is 0. The molecule has 1 heterocycles. The Morgan fingerprint density at radius 1 is 1.48 bits per heavy atom. The molecule has 1 N–H and O–H groups in total. The Labute approximate surface area is 136 Å². The fraction of sp³-hybridized carbons (Fsp3) is 0.529. The molecule has 1 aromatic rings. The summed E-state index contributed by atoms with van der Waals surface area (Å²) in [6, 6.07) is 6.54. The summed E-state index contributed by atoms with van der Waals surface area (Å²) in [7, 11) is 1.66. The molecule has 1 aliphatic rings. The number of nitrogens with zero attached hydrogens (tertiary/aromatic N) is 3. The van der Waals surface area contributed by atoms with Gasteiger partial charge in [0.2, 0.25) is 5.91 Å². The van der Waals surface area contributed by atoms with Gasteiger partial charge in [-0.2, -0.15) is 5.26 Å². The molecule has 0 aliphatic carbocycles. The highest BCUT2D eigenvalue weighted by molar-refractivity contribution is 5.84. The normalized spacial score (nSPS) is 15.1. The summed E-state index contributed by atoms with van der Waals surface area (Å²) in [5, 5.41) is 11.6. The topological polar surface area (TPSA) is 59.4 Å². The van der Waals surface area contributed by atoms with Gasteiger partial charge < -0.3 is 15.1 Å². The first-order chi connectivity index (χ1) is 11.0. The van der Waals surface area contributed by atoms with E-state index in [0.717, 1.165) is 25.9 Å². The molecule has 1 saturated heterocycles. The van der Waals surface area contributed by atoms with Crippen LogP contribution in [-0.2, 0) is 4.79 Å². The Balaban J connectivity index is 1.98. The van der Waals surface area contributed by atoms with E-state index in [2.05, 4.69) is 5.32 Å². The van der Waals surface area contributed by atoms with Gasteiger partial charge in [0.1, 0.15) is 11.9 Å². The van der Waals surface area contributed by atoms with Crippen molar-refractivity contribution in [2.24, 2.45) is 0 Å². The molecule has 0 bridgehead atoms. The predicted octanol–water partition coefficient (Wildman–Crippen LogP) is 2.60. The average Bonchev–Trinajstić information content (AvgIpc) is 3.06. The van der Waals surface area contributed by atoms with Gasteiger partial charge in [-0.15, -0.1) is 0 Å². The Kier molecular flexibility index (Phi) is 5.80.